The summed E-state index contributed by atoms with van der Waals surface area (Å²) in [6.07, 6.45) is 2.09. The molecule has 1 unspecified atom stereocenters. The van der Waals surface area contributed by atoms with E-state index in [9.17, 15) is 9.59 Å². The number of ether oxygens (including phenoxy) is 2. The van der Waals surface area contributed by atoms with E-state index in [4.69, 9.17) is 9.47 Å². The molecule has 6 nitrogen and oxygen atoms in total. The number of likely N-dealkylation sites (tertiary alicyclic amines) is 1. The summed E-state index contributed by atoms with van der Waals surface area (Å²) in [5.74, 6) is 0.896. The lowest BCUT2D eigenvalue weighted by Gasteiger charge is -2.16. The largest absolute Gasteiger partial charge is 0.454 e. The van der Waals surface area contributed by atoms with Crippen molar-refractivity contribution in [2.45, 2.75) is 19.3 Å². The highest BCUT2D eigenvalue weighted by Gasteiger charge is 2.34. The molecule has 0 spiro atoms. The van der Waals surface area contributed by atoms with Crippen molar-refractivity contribution in [3.8, 4) is 11.5 Å². The molecule has 1 N–H and O–H groups in total. The van der Waals surface area contributed by atoms with Crippen molar-refractivity contribution in [2.75, 3.05) is 25.2 Å². The van der Waals surface area contributed by atoms with E-state index in [-0.39, 0.29) is 30.9 Å². The zero-order valence-corrected chi connectivity index (χ0v) is 15.0. The average Bonchev–Trinajstić information content (AvgIpc) is 3.29. The lowest BCUT2D eigenvalue weighted by Crippen LogP contribution is -2.29. The quantitative estimate of drug-likeness (QED) is 0.854. The molecule has 2 amide bonds. The van der Waals surface area contributed by atoms with Gasteiger partial charge >= 0.3 is 0 Å². The minimum absolute atomic E-state index is 0.0499. The van der Waals surface area contributed by atoms with Crippen LogP contribution < -0.4 is 14.8 Å². The molecule has 0 radical (unpaired) electrons. The molecule has 1 saturated heterocycles. The Morgan fingerprint density at radius 2 is 1.93 bits per heavy atom. The third-order valence-corrected chi connectivity index (χ3v) is 4.96. The molecule has 0 aliphatic carbocycles. The van der Waals surface area contributed by atoms with Gasteiger partial charge in [0, 0.05) is 31.3 Å². The second-order valence-corrected chi connectivity index (χ2v) is 6.89. The van der Waals surface area contributed by atoms with Gasteiger partial charge in [-0.1, -0.05) is 30.3 Å². The summed E-state index contributed by atoms with van der Waals surface area (Å²) in [5, 5.41) is 2.88. The number of hydrogen-bond donors (Lipinski definition) is 1. The highest BCUT2D eigenvalue weighted by Crippen LogP contribution is 2.34. The van der Waals surface area contributed by atoms with Crippen molar-refractivity contribution < 1.29 is 19.1 Å². The van der Waals surface area contributed by atoms with Crippen LogP contribution in [0.15, 0.2) is 48.5 Å². The highest BCUT2D eigenvalue weighted by molar-refractivity contribution is 5.97. The first kappa shape index (κ1) is 17.4. The molecule has 2 aliphatic heterocycles. The minimum atomic E-state index is -0.320. The van der Waals surface area contributed by atoms with Gasteiger partial charge in [0.05, 0.1) is 5.92 Å². The summed E-state index contributed by atoms with van der Waals surface area (Å²) in [6.45, 7) is 1.35. The molecular formula is C21H22N2O4. The Hall–Kier alpha value is -3.02. The van der Waals surface area contributed by atoms with E-state index in [0.717, 1.165) is 12.8 Å². The first-order valence-corrected chi connectivity index (χ1v) is 9.21. The molecule has 140 valence electrons. The van der Waals surface area contributed by atoms with Gasteiger partial charge in [-0.25, -0.2) is 0 Å². The Labute approximate surface area is 158 Å². The number of benzene rings is 2. The topological polar surface area (TPSA) is 67.9 Å². The van der Waals surface area contributed by atoms with Gasteiger partial charge in [0.25, 0.3) is 0 Å². The molecule has 0 bridgehead atoms. The highest BCUT2D eigenvalue weighted by atomic mass is 16.7. The number of anilines is 1. The number of nitrogens with one attached hydrogen (secondary N) is 1. The van der Waals surface area contributed by atoms with E-state index in [2.05, 4.69) is 17.4 Å². The predicted octanol–water partition coefficient (Wildman–Crippen LogP) is 2.84. The second kappa shape index (κ2) is 7.70. The first-order chi connectivity index (χ1) is 13.2. The van der Waals surface area contributed by atoms with Crippen LogP contribution in [-0.4, -0.2) is 36.6 Å². The molecule has 4 rings (SSSR count). The molecule has 27 heavy (non-hydrogen) atoms. The third-order valence-electron chi connectivity index (χ3n) is 4.96. The summed E-state index contributed by atoms with van der Waals surface area (Å²) < 4.78 is 10.6. The number of rotatable bonds is 6. The molecule has 2 aliphatic rings. The van der Waals surface area contributed by atoms with Crippen molar-refractivity contribution in [3.63, 3.8) is 0 Å². The molecule has 2 aromatic rings. The van der Waals surface area contributed by atoms with Crippen LogP contribution in [-0.2, 0) is 16.0 Å². The van der Waals surface area contributed by atoms with Crippen LogP contribution in [0.4, 0.5) is 5.69 Å². The van der Waals surface area contributed by atoms with E-state index in [0.29, 0.717) is 30.3 Å². The molecule has 1 fully saturated rings. The Balaban J connectivity index is 1.28. The SMILES string of the molecule is O=C(Nc1ccc2c(c1)OCO2)C1CC(=O)N(CCCc2ccccc2)C1. The first-order valence-electron chi connectivity index (χ1n) is 9.21. The fraction of sp³-hybridized carbons (Fsp3) is 0.333. The van der Waals surface area contributed by atoms with Crippen molar-refractivity contribution in [3.05, 3.63) is 54.1 Å². The summed E-state index contributed by atoms with van der Waals surface area (Å²) >= 11 is 0. The van der Waals surface area contributed by atoms with E-state index in [1.807, 2.05) is 18.2 Å². The fourth-order valence-electron chi connectivity index (χ4n) is 3.50. The van der Waals surface area contributed by atoms with Crippen molar-refractivity contribution in [1.29, 1.82) is 0 Å². The van der Waals surface area contributed by atoms with Gasteiger partial charge in [0.15, 0.2) is 11.5 Å². The zero-order chi connectivity index (χ0) is 18.6. The van der Waals surface area contributed by atoms with Crippen molar-refractivity contribution in [2.24, 2.45) is 5.92 Å². The van der Waals surface area contributed by atoms with Crippen LogP contribution in [0.3, 0.4) is 0 Å². The van der Waals surface area contributed by atoms with Crippen molar-refractivity contribution >= 4 is 17.5 Å². The number of carbonyl (C=O) groups excluding carboxylic acids is 2. The van der Waals surface area contributed by atoms with Gasteiger partial charge in [0.2, 0.25) is 18.6 Å². The smallest absolute Gasteiger partial charge is 0.231 e. The van der Waals surface area contributed by atoms with E-state index >= 15 is 0 Å². The summed E-state index contributed by atoms with van der Waals surface area (Å²) in [6, 6.07) is 15.5. The lowest BCUT2D eigenvalue weighted by atomic mass is 10.1. The standard InChI is InChI=1S/C21H22N2O4/c24-20-11-16(13-23(20)10-4-7-15-5-2-1-3-6-15)21(25)22-17-8-9-18-19(12-17)27-14-26-18/h1-3,5-6,8-9,12,16H,4,7,10-11,13-14H2,(H,22,25). The van der Waals surface area contributed by atoms with Crippen LogP contribution in [0, 0.1) is 5.92 Å². The Bertz CT molecular complexity index is 837. The number of fused-ring (bicyclic) bond motifs is 1. The molecule has 6 heteroatoms. The number of aryl methyl sites for hydroxylation is 1. The molecular weight excluding hydrogens is 344 g/mol. The normalized spacial score (nSPS) is 18.0. The Kier molecular flexibility index (Phi) is 4.96. The van der Waals surface area contributed by atoms with Crippen LogP contribution in [0.2, 0.25) is 0 Å². The van der Waals surface area contributed by atoms with Gasteiger partial charge in [0.1, 0.15) is 0 Å². The number of carbonyl (C=O) groups is 2. The van der Waals surface area contributed by atoms with Crippen LogP contribution in [0.25, 0.3) is 0 Å². The molecule has 2 aromatic carbocycles. The maximum absolute atomic E-state index is 12.5. The van der Waals surface area contributed by atoms with Crippen molar-refractivity contribution in [1.82, 2.24) is 4.90 Å². The van der Waals surface area contributed by atoms with E-state index in [1.165, 1.54) is 5.56 Å². The zero-order valence-electron chi connectivity index (χ0n) is 15.0. The molecule has 0 saturated carbocycles. The van der Waals surface area contributed by atoms with Gasteiger partial charge in [-0.15, -0.1) is 0 Å². The molecule has 0 aromatic heterocycles. The van der Waals surface area contributed by atoms with E-state index in [1.54, 1.807) is 23.1 Å². The van der Waals surface area contributed by atoms with Gasteiger partial charge in [-0.2, -0.15) is 0 Å². The monoisotopic (exact) mass is 366 g/mol. The average molecular weight is 366 g/mol. The predicted molar refractivity (Wildman–Crippen MR) is 101 cm³/mol. The second-order valence-electron chi connectivity index (χ2n) is 6.89. The number of amides is 2. The summed E-state index contributed by atoms with van der Waals surface area (Å²) in [4.78, 5) is 26.6. The van der Waals surface area contributed by atoms with Crippen LogP contribution in [0.1, 0.15) is 18.4 Å². The van der Waals surface area contributed by atoms with Gasteiger partial charge < -0.3 is 19.7 Å². The summed E-state index contributed by atoms with van der Waals surface area (Å²) in [7, 11) is 0. The maximum atomic E-state index is 12.5. The minimum Gasteiger partial charge on any atom is -0.454 e. The van der Waals surface area contributed by atoms with Crippen LogP contribution in [0.5, 0.6) is 11.5 Å². The van der Waals surface area contributed by atoms with Crippen LogP contribution >= 0.6 is 0 Å². The Morgan fingerprint density at radius 1 is 1.11 bits per heavy atom. The fourth-order valence-corrected chi connectivity index (χ4v) is 3.50. The lowest BCUT2D eigenvalue weighted by molar-refractivity contribution is -0.128. The molecule has 1 atom stereocenters. The third kappa shape index (κ3) is 4.05. The maximum Gasteiger partial charge on any atom is 0.231 e. The van der Waals surface area contributed by atoms with Gasteiger partial charge in [-0.3, -0.25) is 9.59 Å². The number of nitrogens with zero attached hydrogens (tertiary/aromatic N) is 1. The molecule has 2 heterocycles. The summed E-state index contributed by atoms with van der Waals surface area (Å²) in [5.41, 5.74) is 1.92. The number of hydrogen-bond acceptors (Lipinski definition) is 4. The Morgan fingerprint density at radius 3 is 2.78 bits per heavy atom. The van der Waals surface area contributed by atoms with E-state index < -0.39 is 0 Å². The van der Waals surface area contributed by atoms with Gasteiger partial charge in [-0.05, 0) is 30.5 Å².